The fourth-order valence-electron chi connectivity index (χ4n) is 1.95. The standard InChI is InChI=1S/C17H14Cl3NO3/c1-10-5-6-15(14(20)7-10)21-16(22)9-24-17(23)8-11-12(18)3-2-4-13(11)19/h2-7H,8-9H2,1H3,(H,21,22). The number of benzene rings is 2. The molecule has 1 N–H and O–H groups in total. The first kappa shape index (κ1) is 18.6. The first-order valence-electron chi connectivity index (χ1n) is 7.01. The maximum Gasteiger partial charge on any atom is 0.310 e. The number of nitrogens with one attached hydrogen (secondary N) is 1. The van der Waals surface area contributed by atoms with E-state index < -0.39 is 18.5 Å². The summed E-state index contributed by atoms with van der Waals surface area (Å²) in [6, 6.07) is 10.2. The van der Waals surface area contributed by atoms with Crippen molar-refractivity contribution in [3.05, 3.63) is 62.6 Å². The van der Waals surface area contributed by atoms with Crippen molar-refractivity contribution in [2.75, 3.05) is 11.9 Å². The second kappa shape index (κ2) is 8.38. The lowest BCUT2D eigenvalue weighted by atomic mass is 10.1. The van der Waals surface area contributed by atoms with Crippen LogP contribution in [-0.4, -0.2) is 18.5 Å². The summed E-state index contributed by atoms with van der Waals surface area (Å²) in [5.74, 6) is -1.09. The molecule has 0 aliphatic rings. The first-order chi connectivity index (χ1) is 11.4. The van der Waals surface area contributed by atoms with Gasteiger partial charge in [-0.25, -0.2) is 0 Å². The highest BCUT2D eigenvalue weighted by atomic mass is 35.5. The average molecular weight is 387 g/mol. The maximum absolute atomic E-state index is 11.8. The van der Waals surface area contributed by atoms with Crippen LogP contribution in [0.1, 0.15) is 11.1 Å². The van der Waals surface area contributed by atoms with Gasteiger partial charge in [-0.3, -0.25) is 9.59 Å². The first-order valence-corrected chi connectivity index (χ1v) is 8.14. The van der Waals surface area contributed by atoms with Crippen LogP contribution in [0.5, 0.6) is 0 Å². The predicted molar refractivity (Wildman–Crippen MR) is 95.9 cm³/mol. The van der Waals surface area contributed by atoms with Crippen molar-refractivity contribution in [3.63, 3.8) is 0 Å². The maximum atomic E-state index is 11.8. The van der Waals surface area contributed by atoms with E-state index in [1.54, 1.807) is 30.3 Å². The summed E-state index contributed by atoms with van der Waals surface area (Å²) in [4.78, 5) is 23.7. The molecule has 0 aliphatic heterocycles. The van der Waals surface area contributed by atoms with E-state index in [0.29, 0.717) is 26.3 Å². The van der Waals surface area contributed by atoms with Gasteiger partial charge in [0.15, 0.2) is 6.61 Å². The van der Waals surface area contributed by atoms with Gasteiger partial charge in [-0.05, 0) is 36.8 Å². The number of ether oxygens (including phenoxy) is 1. The molecular weight excluding hydrogens is 373 g/mol. The number of halogens is 3. The fraction of sp³-hybridized carbons (Fsp3) is 0.176. The predicted octanol–water partition coefficient (Wildman–Crippen LogP) is 4.68. The van der Waals surface area contributed by atoms with Crippen LogP contribution >= 0.6 is 34.8 Å². The number of hydrogen-bond acceptors (Lipinski definition) is 3. The Morgan fingerprint density at radius 3 is 2.33 bits per heavy atom. The smallest absolute Gasteiger partial charge is 0.310 e. The Bertz CT molecular complexity index is 757. The van der Waals surface area contributed by atoms with Crippen molar-refractivity contribution in [3.8, 4) is 0 Å². The van der Waals surface area contributed by atoms with Crippen molar-refractivity contribution in [2.45, 2.75) is 13.3 Å². The molecule has 2 rings (SSSR count). The number of carbonyl (C=O) groups is 2. The van der Waals surface area contributed by atoms with Crippen molar-refractivity contribution in [1.29, 1.82) is 0 Å². The fourth-order valence-corrected chi connectivity index (χ4v) is 2.76. The summed E-state index contributed by atoms with van der Waals surface area (Å²) in [5, 5.41) is 3.73. The lowest BCUT2D eigenvalue weighted by Gasteiger charge is -2.09. The molecule has 0 saturated heterocycles. The van der Waals surface area contributed by atoms with Crippen molar-refractivity contribution in [2.24, 2.45) is 0 Å². The lowest BCUT2D eigenvalue weighted by molar-refractivity contribution is -0.146. The van der Waals surface area contributed by atoms with Crippen LogP contribution in [0, 0.1) is 6.92 Å². The van der Waals surface area contributed by atoms with E-state index in [0.717, 1.165) is 5.56 Å². The lowest BCUT2D eigenvalue weighted by Crippen LogP contribution is -2.22. The highest BCUT2D eigenvalue weighted by Crippen LogP contribution is 2.25. The SMILES string of the molecule is Cc1ccc(NC(=O)COC(=O)Cc2c(Cl)cccc2Cl)c(Cl)c1. The van der Waals surface area contributed by atoms with Gasteiger partial charge in [0.05, 0.1) is 17.1 Å². The number of hydrogen-bond donors (Lipinski definition) is 1. The molecular formula is C17H14Cl3NO3. The molecule has 2 aromatic carbocycles. The van der Waals surface area contributed by atoms with E-state index >= 15 is 0 Å². The Morgan fingerprint density at radius 2 is 1.71 bits per heavy atom. The van der Waals surface area contributed by atoms with Gasteiger partial charge in [0.25, 0.3) is 5.91 Å². The Morgan fingerprint density at radius 1 is 1.04 bits per heavy atom. The van der Waals surface area contributed by atoms with E-state index in [1.165, 1.54) is 0 Å². The second-order valence-corrected chi connectivity index (χ2v) is 6.29. The Kier molecular flexibility index (Phi) is 6.49. The van der Waals surface area contributed by atoms with E-state index in [1.807, 2.05) is 13.0 Å². The Balaban J connectivity index is 1.88. The summed E-state index contributed by atoms with van der Waals surface area (Å²) < 4.78 is 4.94. The molecule has 1 amide bonds. The zero-order valence-corrected chi connectivity index (χ0v) is 15.0. The highest BCUT2D eigenvalue weighted by molar-refractivity contribution is 6.36. The monoisotopic (exact) mass is 385 g/mol. The molecule has 0 atom stereocenters. The third-order valence-electron chi connectivity index (χ3n) is 3.15. The number of aryl methyl sites for hydroxylation is 1. The van der Waals surface area contributed by atoms with Crippen LogP contribution in [0.2, 0.25) is 15.1 Å². The zero-order valence-electron chi connectivity index (χ0n) is 12.7. The molecule has 0 unspecified atom stereocenters. The highest BCUT2D eigenvalue weighted by Gasteiger charge is 2.14. The number of amides is 1. The van der Waals surface area contributed by atoms with Crippen molar-refractivity contribution in [1.82, 2.24) is 0 Å². The minimum Gasteiger partial charge on any atom is -0.455 e. The van der Waals surface area contributed by atoms with Crippen LogP contribution in [0.3, 0.4) is 0 Å². The molecule has 0 aliphatic carbocycles. The molecule has 0 fully saturated rings. The number of esters is 1. The van der Waals surface area contributed by atoms with E-state index in [-0.39, 0.29) is 6.42 Å². The molecule has 0 heterocycles. The molecule has 7 heteroatoms. The van der Waals surface area contributed by atoms with Gasteiger partial charge in [-0.15, -0.1) is 0 Å². The van der Waals surface area contributed by atoms with Gasteiger partial charge in [-0.2, -0.15) is 0 Å². The minimum atomic E-state index is -0.602. The van der Waals surface area contributed by atoms with Gasteiger partial charge in [-0.1, -0.05) is 46.9 Å². The summed E-state index contributed by atoms with van der Waals surface area (Å²) >= 11 is 18.0. The van der Waals surface area contributed by atoms with Gasteiger partial charge in [0.2, 0.25) is 0 Å². The number of rotatable bonds is 5. The molecule has 0 saturated carbocycles. The Hall–Kier alpha value is -1.75. The number of anilines is 1. The largest absolute Gasteiger partial charge is 0.455 e. The number of carbonyl (C=O) groups excluding carboxylic acids is 2. The van der Waals surface area contributed by atoms with Crippen LogP contribution in [0.4, 0.5) is 5.69 Å². The van der Waals surface area contributed by atoms with Gasteiger partial charge < -0.3 is 10.1 Å². The van der Waals surface area contributed by atoms with Crippen LogP contribution in [0.15, 0.2) is 36.4 Å². The topological polar surface area (TPSA) is 55.4 Å². The molecule has 0 radical (unpaired) electrons. The van der Waals surface area contributed by atoms with Gasteiger partial charge in [0, 0.05) is 15.6 Å². The minimum absolute atomic E-state index is 0.114. The second-order valence-electron chi connectivity index (χ2n) is 5.07. The van der Waals surface area contributed by atoms with Crippen molar-refractivity contribution >= 4 is 52.4 Å². The van der Waals surface area contributed by atoms with Crippen LogP contribution in [-0.2, 0) is 20.7 Å². The van der Waals surface area contributed by atoms with E-state index in [9.17, 15) is 9.59 Å². The molecule has 2 aromatic rings. The molecule has 0 bridgehead atoms. The molecule has 0 aromatic heterocycles. The van der Waals surface area contributed by atoms with Crippen LogP contribution in [0.25, 0.3) is 0 Å². The summed E-state index contributed by atoms with van der Waals surface area (Å²) in [6.07, 6.45) is -0.114. The average Bonchev–Trinajstić information content (AvgIpc) is 2.52. The zero-order chi connectivity index (χ0) is 17.7. The molecule has 4 nitrogen and oxygen atoms in total. The van der Waals surface area contributed by atoms with Crippen molar-refractivity contribution < 1.29 is 14.3 Å². The quantitative estimate of drug-likeness (QED) is 0.759. The van der Waals surface area contributed by atoms with E-state index in [4.69, 9.17) is 39.5 Å². The summed E-state index contributed by atoms with van der Waals surface area (Å²) in [7, 11) is 0. The normalized spacial score (nSPS) is 10.3. The summed E-state index contributed by atoms with van der Waals surface area (Å²) in [6.45, 7) is 1.46. The van der Waals surface area contributed by atoms with Crippen LogP contribution < -0.4 is 5.32 Å². The Labute approximate surface area is 154 Å². The molecule has 0 spiro atoms. The van der Waals surface area contributed by atoms with E-state index in [2.05, 4.69) is 5.32 Å². The molecule has 126 valence electrons. The van der Waals surface area contributed by atoms with Gasteiger partial charge in [0.1, 0.15) is 0 Å². The third kappa shape index (κ3) is 5.13. The third-order valence-corrected chi connectivity index (χ3v) is 4.17. The molecule has 24 heavy (non-hydrogen) atoms. The summed E-state index contributed by atoms with van der Waals surface area (Å²) in [5.41, 5.74) is 1.89. The van der Waals surface area contributed by atoms with Gasteiger partial charge >= 0.3 is 5.97 Å².